The van der Waals surface area contributed by atoms with E-state index in [-0.39, 0.29) is 12.5 Å². The summed E-state index contributed by atoms with van der Waals surface area (Å²) in [6.45, 7) is 2.10. The van der Waals surface area contributed by atoms with Crippen LogP contribution in [0.1, 0.15) is 19.8 Å². The Morgan fingerprint density at radius 3 is 2.73 bits per heavy atom. The summed E-state index contributed by atoms with van der Waals surface area (Å²) in [6, 6.07) is 0.757. The van der Waals surface area contributed by atoms with Gasteiger partial charge in [0.15, 0.2) is 0 Å². The van der Waals surface area contributed by atoms with Crippen molar-refractivity contribution in [2.75, 3.05) is 13.7 Å². The van der Waals surface area contributed by atoms with Crippen molar-refractivity contribution >= 4 is 12.0 Å². The first kappa shape index (κ1) is 10.3. The standard InChI is InChI=1S/C10H16N2O3/c1-6-3-7-4-8(7)12(6)9(13)5-11-10(14)15-2/h6-8H,3-5H2,1-2H3,(H,11,14). The van der Waals surface area contributed by atoms with Gasteiger partial charge >= 0.3 is 6.09 Å². The van der Waals surface area contributed by atoms with Gasteiger partial charge in [0.05, 0.1) is 7.11 Å². The molecule has 0 aromatic heterocycles. The molecular weight excluding hydrogens is 196 g/mol. The van der Waals surface area contributed by atoms with E-state index in [1.54, 1.807) is 0 Å². The fourth-order valence-electron chi connectivity index (χ4n) is 2.45. The summed E-state index contributed by atoms with van der Waals surface area (Å²) in [7, 11) is 1.29. The van der Waals surface area contributed by atoms with E-state index in [2.05, 4.69) is 17.0 Å². The maximum Gasteiger partial charge on any atom is 0.407 e. The molecule has 5 heteroatoms. The molecule has 5 nitrogen and oxygen atoms in total. The van der Waals surface area contributed by atoms with Crippen LogP contribution in [0, 0.1) is 5.92 Å². The molecule has 1 aliphatic carbocycles. The van der Waals surface area contributed by atoms with E-state index in [1.165, 1.54) is 7.11 Å². The molecule has 2 rings (SSSR count). The van der Waals surface area contributed by atoms with E-state index in [9.17, 15) is 9.59 Å². The largest absolute Gasteiger partial charge is 0.453 e. The number of methoxy groups -OCH3 is 1. The van der Waals surface area contributed by atoms with Crippen LogP contribution in [0.5, 0.6) is 0 Å². The van der Waals surface area contributed by atoms with Crippen LogP contribution in [-0.2, 0) is 9.53 Å². The highest BCUT2D eigenvalue weighted by molar-refractivity contribution is 5.83. The molecule has 3 atom stereocenters. The van der Waals surface area contributed by atoms with E-state index >= 15 is 0 Å². The summed E-state index contributed by atoms with van der Waals surface area (Å²) in [5.41, 5.74) is 0. The van der Waals surface area contributed by atoms with E-state index < -0.39 is 6.09 Å². The number of nitrogens with one attached hydrogen (secondary N) is 1. The van der Waals surface area contributed by atoms with Crippen LogP contribution in [0.2, 0.25) is 0 Å². The Bertz CT molecular complexity index is 290. The van der Waals surface area contributed by atoms with Crippen molar-refractivity contribution in [3.05, 3.63) is 0 Å². The molecule has 0 aromatic rings. The number of rotatable bonds is 2. The average Bonchev–Trinajstić information content (AvgIpc) is 2.87. The number of hydrogen-bond donors (Lipinski definition) is 1. The van der Waals surface area contributed by atoms with Crippen LogP contribution in [0.3, 0.4) is 0 Å². The average molecular weight is 212 g/mol. The number of ether oxygens (including phenoxy) is 1. The predicted molar refractivity (Wildman–Crippen MR) is 53.2 cm³/mol. The Balaban J connectivity index is 1.83. The fourth-order valence-corrected chi connectivity index (χ4v) is 2.45. The molecule has 1 aliphatic heterocycles. The first-order valence-corrected chi connectivity index (χ1v) is 5.26. The normalized spacial score (nSPS) is 32.1. The maximum atomic E-state index is 11.8. The molecule has 2 aliphatic rings. The Hall–Kier alpha value is -1.26. The number of alkyl carbamates (subject to hydrolysis) is 1. The second kappa shape index (κ2) is 3.72. The Labute approximate surface area is 88.8 Å². The highest BCUT2D eigenvalue weighted by atomic mass is 16.5. The molecular formula is C10H16N2O3. The molecule has 15 heavy (non-hydrogen) atoms. The summed E-state index contributed by atoms with van der Waals surface area (Å²) in [6.07, 6.45) is 1.69. The van der Waals surface area contributed by atoms with Gasteiger partial charge < -0.3 is 15.0 Å². The summed E-state index contributed by atoms with van der Waals surface area (Å²) in [5.74, 6) is 0.708. The quantitative estimate of drug-likeness (QED) is 0.718. The third-order valence-corrected chi connectivity index (χ3v) is 3.22. The van der Waals surface area contributed by atoms with E-state index in [1.807, 2.05) is 4.90 Å². The van der Waals surface area contributed by atoms with Crippen molar-refractivity contribution in [1.29, 1.82) is 0 Å². The summed E-state index contributed by atoms with van der Waals surface area (Å²) in [4.78, 5) is 24.5. The lowest BCUT2D eigenvalue weighted by Gasteiger charge is -2.24. The van der Waals surface area contributed by atoms with Crippen molar-refractivity contribution < 1.29 is 14.3 Å². The van der Waals surface area contributed by atoms with Crippen molar-refractivity contribution in [3.8, 4) is 0 Å². The van der Waals surface area contributed by atoms with E-state index in [0.29, 0.717) is 18.0 Å². The molecule has 1 heterocycles. The molecule has 0 radical (unpaired) electrons. The van der Waals surface area contributed by atoms with Crippen molar-refractivity contribution in [2.24, 2.45) is 5.92 Å². The topological polar surface area (TPSA) is 58.6 Å². The minimum absolute atomic E-state index is 0.00194. The third kappa shape index (κ3) is 1.91. The highest BCUT2D eigenvalue weighted by Crippen LogP contribution is 2.47. The Morgan fingerprint density at radius 1 is 1.47 bits per heavy atom. The van der Waals surface area contributed by atoms with Crippen LogP contribution in [0.25, 0.3) is 0 Å². The van der Waals surface area contributed by atoms with Crippen molar-refractivity contribution in [1.82, 2.24) is 10.2 Å². The first-order chi connectivity index (χ1) is 7.13. The van der Waals surface area contributed by atoms with Crippen LogP contribution in [-0.4, -0.2) is 42.6 Å². The van der Waals surface area contributed by atoms with Gasteiger partial charge in [-0.3, -0.25) is 4.79 Å². The molecule has 84 valence electrons. The summed E-state index contributed by atoms with van der Waals surface area (Å²) < 4.78 is 4.41. The van der Waals surface area contributed by atoms with Crippen molar-refractivity contribution in [2.45, 2.75) is 31.8 Å². The molecule has 0 aromatic carbocycles. The molecule has 1 saturated heterocycles. The third-order valence-electron chi connectivity index (χ3n) is 3.22. The zero-order valence-electron chi connectivity index (χ0n) is 9.03. The SMILES string of the molecule is COC(=O)NCC(=O)N1C(C)CC2CC21. The number of carbonyl (C=O) groups excluding carboxylic acids is 2. The van der Waals surface area contributed by atoms with Crippen LogP contribution < -0.4 is 5.32 Å². The Morgan fingerprint density at radius 2 is 2.20 bits per heavy atom. The number of carbonyl (C=O) groups is 2. The number of nitrogens with zero attached hydrogens (tertiary/aromatic N) is 1. The number of amides is 2. The van der Waals surface area contributed by atoms with Crippen LogP contribution in [0.15, 0.2) is 0 Å². The van der Waals surface area contributed by atoms with Gasteiger partial charge in [0.25, 0.3) is 0 Å². The fraction of sp³-hybridized carbons (Fsp3) is 0.800. The second-order valence-corrected chi connectivity index (χ2v) is 4.29. The first-order valence-electron chi connectivity index (χ1n) is 5.26. The van der Waals surface area contributed by atoms with Gasteiger partial charge in [-0.05, 0) is 25.7 Å². The zero-order valence-corrected chi connectivity index (χ0v) is 9.03. The molecule has 2 fully saturated rings. The van der Waals surface area contributed by atoms with Crippen LogP contribution >= 0.6 is 0 Å². The minimum atomic E-state index is -0.553. The minimum Gasteiger partial charge on any atom is -0.453 e. The summed E-state index contributed by atoms with van der Waals surface area (Å²) >= 11 is 0. The molecule has 1 N–H and O–H groups in total. The molecule has 1 saturated carbocycles. The van der Waals surface area contributed by atoms with E-state index in [0.717, 1.165) is 12.8 Å². The lowest BCUT2D eigenvalue weighted by molar-refractivity contribution is -0.131. The van der Waals surface area contributed by atoms with E-state index in [4.69, 9.17) is 0 Å². The maximum absolute atomic E-state index is 11.8. The monoisotopic (exact) mass is 212 g/mol. The number of fused-ring (bicyclic) bond motifs is 1. The lowest BCUT2D eigenvalue weighted by atomic mass is 10.2. The van der Waals surface area contributed by atoms with Gasteiger partial charge in [-0.2, -0.15) is 0 Å². The molecule has 2 amide bonds. The van der Waals surface area contributed by atoms with Gasteiger partial charge in [-0.1, -0.05) is 0 Å². The lowest BCUT2D eigenvalue weighted by Crippen LogP contribution is -2.43. The van der Waals surface area contributed by atoms with Gasteiger partial charge in [0, 0.05) is 12.1 Å². The summed E-state index contributed by atoms with van der Waals surface area (Å²) in [5, 5.41) is 2.42. The smallest absolute Gasteiger partial charge is 0.407 e. The highest BCUT2D eigenvalue weighted by Gasteiger charge is 2.52. The van der Waals surface area contributed by atoms with Gasteiger partial charge in [0.2, 0.25) is 5.91 Å². The number of likely N-dealkylation sites (tertiary alicyclic amines) is 1. The Kier molecular flexibility index (Phi) is 2.54. The van der Waals surface area contributed by atoms with Gasteiger partial charge in [-0.15, -0.1) is 0 Å². The van der Waals surface area contributed by atoms with Gasteiger partial charge in [0.1, 0.15) is 6.54 Å². The molecule has 3 unspecified atom stereocenters. The zero-order chi connectivity index (χ0) is 11.0. The second-order valence-electron chi connectivity index (χ2n) is 4.29. The van der Waals surface area contributed by atoms with Crippen LogP contribution in [0.4, 0.5) is 4.79 Å². The van der Waals surface area contributed by atoms with Gasteiger partial charge in [-0.25, -0.2) is 4.79 Å². The molecule has 0 bridgehead atoms. The van der Waals surface area contributed by atoms with Crippen molar-refractivity contribution in [3.63, 3.8) is 0 Å². The molecule has 0 spiro atoms. The number of piperidine rings is 1. The predicted octanol–water partition coefficient (Wildman–Crippen LogP) is 0.352. The number of hydrogen-bond acceptors (Lipinski definition) is 3.